The molecule has 1 atom stereocenters. The minimum atomic E-state index is -2.95. The normalized spacial score (nSPS) is 13.6. The third kappa shape index (κ3) is 2.36. The number of aliphatic hydroxyl groups is 1. The van der Waals surface area contributed by atoms with E-state index in [1.165, 1.54) is 30.3 Å². The van der Waals surface area contributed by atoms with Gasteiger partial charge >= 0.3 is 5.97 Å². The van der Waals surface area contributed by atoms with Crippen molar-refractivity contribution in [1.29, 1.82) is 0 Å². The lowest BCUT2D eigenvalue weighted by molar-refractivity contribution is -0.202. The molecule has 0 aliphatic carbocycles. The third-order valence-electron chi connectivity index (χ3n) is 2.98. The van der Waals surface area contributed by atoms with Crippen LogP contribution in [0.3, 0.4) is 0 Å². The van der Waals surface area contributed by atoms with E-state index in [0.717, 1.165) is 0 Å². The van der Waals surface area contributed by atoms with E-state index in [4.69, 9.17) is 0 Å². The lowest BCUT2D eigenvalue weighted by Crippen LogP contribution is -2.38. The van der Waals surface area contributed by atoms with Crippen molar-refractivity contribution in [3.63, 3.8) is 0 Å². The van der Waals surface area contributed by atoms with Crippen molar-refractivity contribution in [2.45, 2.75) is 5.60 Å². The summed E-state index contributed by atoms with van der Waals surface area (Å²) in [6, 6.07) is 7.78. The van der Waals surface area contributed by atoms with E-state index in [1.54, 1.807) is 0 Å². The molecule has 1 N–H and O–H groups in total. The second-order valence-corrected chi connectivity index (χ2v) is 4.16. The zero-order valence-electron chi connectivity index (χ0n) is 10.3. The standard InChI is InChI=1S/C14H8F4O3/c15-10-7-6-9(11(16)12(10)17)14(20,13(19)21-18)8-4-2-1-3-5-8/h1-7,20H. The van der Waals surface area contributed by atoms with Gasteiger partial charge in [0.25, 0.3) is 0 Å². The molecular weight excluding hydrogens is 292 g/mol. The van der Waals surface area contributed by atoms with Crippen LogP contribution in [0.15, 0.2) is 42.5 Å². The summed E-state index contributed by atoms with van der Waals surface area (Å²) in [5.74, 6) is -7.10. The van der Waals surface area contributed by atoms with Gasteiger partial charge in [0.15, 0.2) is 17.5 Å². The second kappa shape index (κ2) is 5.53. The highest BCUT2D eigenvalue weighted by molar-refractivity contribution is 5.85. The van der Waals surface area contributed by atoms with E-state index in [-0.39, 0.29) is 5.56 Å². The van der Waals surface area contributed by atoms with Crippen molar-refractivity contribution >= 4 is 5.97 Å². The van der Waals surface area contributed by atoms with Crippen LogP contribution < -0.4 is 0 Å². The van der Waals surface area contributed by atoms with E-state index in [1.807, 2.05) is 0 Å². The largest absolute Gasteiger partial charge is 0.389 e. The summed E-state index contributed by atoms with van der Waals surface area (Å²) in [4.78, 5) is 14.5. The molecule has 0 fully saturated rings. The quantitative estimate of drug-likeness (QED) is 0.700. The summed E-state index contributed by atoms with van der Waals surface area (Å²) in [5, 5.41) is 10.4. The molecule has 1 unspecified atom stereocenters. The van der Waals surface area contributed by atoms with Gasteiger partial charge in [0, 0.05) is 10.1 Å². The number of hydrogen-bond donors (Lipinski definition) is 1. The molecule has 0 amide bonds. The summed E-state index contributed by atoms with van der Waals surface area (Å²) in [7, 11) is 0. The van der Waals surface area contributed by atoms with Gasteiger partial charge in [-0.3, -0.25) is 4.94 Å². The molecule has 0 aromatic heterocycles. The molecule has 110 valence electrons. The van der Waals surface area contributed by atoms with E-state index < -0.39 is 34.6 Å². The zero-order valence-corrected chi connectivity index (χ0v) is 10.3. The molecule has 21 heavy (non-hydrogen) atoms. The number of carbonyl (C=O) groups excluding carboxylic acids is 1. The van der Waals surface area contributed by atoms with Crippen LogP contribution in [-0.4, -0.2) is 11.1 Å². The molecule has 0 heterocycles. The maximum atomic E-state index is 13.8. The van der Waals surface area contributed by atoms with Crippen LogP contribution in [0.25, 0.3) is 0 Å². The van der Waals surface area contributed by atoms with Gasteiger partial charge < -0.3 is 5.11 Å². The Labute approximate surface area is 116 Å². The van der Waals surface area contributed by atoms with E-state index in [9.17, 15) is 27.6 Å². The molecule has 0 spiro atoms. The Morgan fingerprint density at radius 1 is 1.00 bits per heavy atom. The topological polar surface area (TPSA) is 46.5 Å². The fourth-order valence-corrected chi connectivity index (χ4v) is 1.92. The minimum Gasteiger partial charge on any atom is -0.370 e. The summed E-state index contributed by atoms with van der Waals surface area (Å²) >= 11 is 0. The Hall–Kier alpha value is -2.41. The summed E-state index contributed by atoms with van der Waals surface area (Å²) in [5.41, 5.74) is -4.18. The monoisotopic (exact) mass is 300 g/mol. The van der Waals surface area contributed by atoms with Gasteiger partial charge in [0.05, 0.1) is 0 Å². The van der Waals surface area contributed by atoms with Crippen LogP contribution in [0.5, 0.6) is 0 Å². The van der Waals surface area contributed by atoms with Crippen LogP contribution in [-0.2, 0) is 15.3 Å². The van der Waals surface area contributed by atoms with Crippen LogP contribution in [0.2, 0.25) is 0 Å². The zero-order chi connectivity index (χ0) is 15.6. The lowest BCUT2D eigenvalue weighted by Gasteiger charge is -2.25. The number of carbonyl (C=O) groups is 1. The van der Waals surface area contributed by atoms with Crippen LogP contribution in [0.1, 0.15) is 11.1 Å². The molecule has 7 heteroatoms. The van der Waals surface area contributed by atoms with Crippen LogP contribution in [0, 0.1) is 17.5 Å². The molecule has 0 saturated carbocycles. The highest BCUT2D eigenvalue weighted by Crippen LogP contribution is 2.34. The molecule has 2 rings (SSSR count). The minimum absolute atomic E-state index is 0.266. The maximum absolute atomic E-state index is 13.8. The van der Waals surface area contributed by atoms with Crippen LogP contribution >= 0.6 is 0 Å². The molecule has 3 nitrogen and oxygen atoms in total. The molecular formula is C14H8F4O3. The molecule has 0 aliphatic heterocycles. The van der Waals surface area contributed by atoms with Gasteiger partial charge in [-0.05, 0) is 17.7 Å². The molecule has 0 aliphatic rings. The Bertz CT molecular complexity index is 675. The molecule has 0 bridgehead atoms. The van der Waals surface area contributed by atoms with Crippen molar-refractivity contribution < 1.29 is 32.5 Å². The highest BCUT2D eigenvalue weighted by atomic mass is 19.3. The number of hydrogen-bond acceptors (Lipinski definition) is 3. The average molecular weight is 300 g/mol. The first-order valence-corrected chi connectivity index (χ1v) is 5.67. The Balaban J connectivity index is 2.74. The first kappa shape index (κ1) is 15.0. The van der Waals surface area contributed by atoms with Crippen molar-refractivity contribution in [1.82, 2.24) is 0 Å². The van der Waals surface area contributed by atoms with Gasteiger partial charge in [-0.2, -0.15) is 0 Å². The fourth-order valence-electron chi connectivity index (χ4n) is 1.92. The fraction of sp³-hybridized carbons (Fsp3) is 0.0714. The average Bonchev–Trinajstić information content (AvgIpc) is 2.52. The number of halogens is 4. The van der Waals surface area contributed by atoms with Crippen molar-refractivity contribution in [2.24, 2.45) is 0 Å². The van der Waals surface area contributed by atoms with Crippen molar-refractivity contribution in [3.05, 3.63) is 71.0 Å². The lowest BCUT2D eigenvalue weighted by atomic mass is 9.86. The molecule has 2 aromatic carbocycles. The Kier molecular flexibility index (Phi) is 3.95. The van der Waals surface area contributed by atoms with Crippen molar-refractivity contribution in [2.75, 3.05) is 0 Å². The van der Waals surface area contributed by atoms with Gasteiger partial charge in [0.2, 0.25) is 5.60 Å². The highest BCUT2D eigenvalue weighted by Gasteiger charge is 2.45. The first-order valence-electron chi connectivity index (χ1n) is 5.67. The van der Waals surface area contributed by atoms with E-state index in [0.29, 0.717) is 12.1 Å². The summed E-state index contributed by atoms with van der Waals surface area (Å²) in [6.45, 7) is 0. The SMILES string of the molecule is O=C(OF)C(O)(c1ccccc1)c1ccc(F)c(F)c1F. The first-order chi connectivity index (χ1) is 9.92. The second-order valence-electron chi connectivity index (χ2n) is 4.16. The van der Waals surface area contributed by atoms with Crippen molar-refractivity contribution in [3.8, 4) is 0 Å². The smallest absolute Gasteiger partial charge is 0.370 e. The van der Waals surface area contributed by atoms with E-state index >= 15 is 0 Å². The number of benzene rings is 2. The van der Waals surface area contributed by atoms with Gasteiger partial charge in [-0.15, -0.1) is 0 Å². The predicted octanol–water partition coefficient (Wildman–Crippen LogP) is 2.77. The Morgan fingerprint density at radius 3 is 2.19 bits per heavy atom. The number of rotatable bonds is 3. The van der Waals surface area contributed by atoms with Gasteiger partial charge in [0.1, 0.15) is 0 Å². The maximum Gasteiger partial charge on any atom is 0.389 e. The molecule has 2 aromatic rings. The summed E-state index contributed by atoms with van der Waals surface area (Å²) in [6.07, 6.45) is 0. The predicted molar refractivity (Wildman–Crippen MR) is 63.0 cm³/mol. The van der Waals surface area contributed by atoms with E-state index in [2.05, 4.69) is 4.94 Å². The Morgan fingerprint density at radius 2 is 1.62 bits per heavy atom. The van der Waals surface area contributed by atoms with Gasteiger partial charge in [-0.25, -0.2) is 18.0 Å². The molecule has 0 saturated heterocycles. The third-order valence-corrected chi connectivity index (χ3v) is 2.98. The molecule has 0 radical (unpaired) electrons. The van der Waals surface area contributed by atoms with Gasteiger partial charge in [-0.1, -0.05) is 30.3 Å². The summed E-state index contributed by atoms with van der Waals surface area (Å²) < 4.78 is 52.3. The van der Waals surface area contributed by atoms with Crippen LogP contribution in [0.4, 0.5) is 17.7 Å².